The summed E-state index contributed by atoms with van der Waals surface area (Å²) in [4.78, 5) is 49.2. The fourth-order valence-electron chi connectivity index (χ4n) is 4.90. The third-order valence-electron chi connectivity index (χ3n) is 6.50. The topological polar surface area (TPSA) is 128 Å². The van der Waals surface area contributed by atoms with Crippen molar-refractivity contribution in [2.75, 3.05) is 7.11 Å². The van der Waals surface area contributed by atoms with Gasteiger partial charge >= 0.3 is 11.7 Å². The van der Waals surface area contributed by atoms with Gasteiger partial charge in [-0.05, 0) is 48.6 Å². The molecule has 5 rings (SSSR count). The third kappa shape index (κ3) is 3.43. The van der Waals surface area contributed by atoms with E-state index < -0.39 is 28.4 Å². The highest BCUT2D eigenvalue weighted by atomic mass is 16.6. The average molecular weight is 461 g/mol. The first-order chi connectivity index (χ1) is 16.4. The van der Waals surface area contributed by atoms with Crippen LogP contribution < -0.4 is 9.47 Å². The average Bonchev–Trinajstić information content (AvgIpc) is 3.52. The number of imide groups is 1. The Bertz CT molecular complexity index is 1240. The van der Waals surface area contributed by atoms with Crippen molar-refractivity contribution in [1.82, 2.24) is 5.01 Å². The van der Waals surface area contributed by atoms with Crippen LogP contribution in [0.25, 0.3) is 0 Å². The lowest BCUT2D eigenvalue weighted by Crippen LogP contribution is -2.28. The first-order valence-corrected chi connectivity index (χ1v) is 10.6. The van der Waals surface area contributed by atoms with Gasteiger partial charge in [0.15, 0.2) is 0 Å². The molecule has 2 amide bonds. The number of fused-ring (bicyclic) bond motifs is 5. The van der Waals surface area contributed by atoms with Gasteiger partial charge in [-0.3, -0.25) is 19.7 Å². The second-order valence-electron chi connectivity index (χ2n) is 8.30. The summed E-state index contributed by atoms with van der Waals surface area (Å²) in [6.07, 6.45) is 5.87. The number of hydrogen-bond donors (Lipinski definition) is 0. The van der Waals surface area contributed by atoms with Gasteiger partial charge in [0.2, 0.25) is 5.75 Å². The number of ether oxygens (including phenoxy) is 2. The number of benzene rings is 2. The largest absolute Gasteiger partial charge is 0.497 e. The monoisotopic (exact) mass is 461 g/mol. The van der Waals surface area contributed by atoms with Gasteiger partial charge in [-0.25, -0.2) is 4.79 Å². The molecule has 10 nitrogen and oxygen atoms in total. The lowest BCUT2D eigenvalue weighted by Gasteiger charge is -2.13. The lowest BCUT2D eigenvalue weighted by molar-refractivity contribution is -0.385. The van der Waals surface area contributed by atoms with Crippen LogP contribution in [0.15, 0.2) is 59.7 Å². The van der Waals surface area contributed by atoms with E-state index in [0.29, 0.717) is 5.75 Å². The lowest BCUT2D eigenvalue weighted by atomic mass is 9.85. The van der Waals surface area contributed by atoms with Crippen molar-refractivity contribution in [2.24, 2.45) is 28.8 Å². The number of esters is 1. The highest BCUT2D eigenvalue weighted by Crippen LogP contribution is 2.52. The fraction of sp³-hybridized carbons (Fsp3) is 0.250. The van der Waals surface area contributed by atoms with Crippen molar-refractivity contribution >= 4 is 29.7 Å². The predicted octanol–water partition coefficient (Wildman–Crippen LogP) is 2.96. The maximum Gasteiger partial charge on any atom is 0.343 e. The summed E-state index contributed by atoms with van der Waals surface area (Å²) in [6, 6.07) is 10.1. The van der Waals surface area contributed by atoms with Gasteiger partial charge in [-0.1, -0.05) is 18.2 Å². The molecule has 172 valence electrons. The Morgan fingerprint density at radius 2 is 1.74 bits per heavy atom. The summed E-state index contributed by atoms with van der Waals surface area (Å²) < 4.78 is 10.4. The molecule has 2 aromatic rings. The number of carbonyl (C=O) groups excluding carboxylic acids is 3. The highest BCUT2D eigenvalue weighted by molar-refractivity contribution is 6.07. The van der Waals surface area contributed by atoms with Crippen molar-refractivity contribution in [3.8, 4) is 11.5 Å². The molecule has 10 heteroatoms. The minimum Gasteiger partial charge on any atom is -0.497 e. The molecule has 2 bridgehead atoms. The van der Waals surface area contributed by atoms with Crippen LogP contribution in [0.3, 0.4) is 0 Å². The fourth-order valence-corrected chi connectivity index (χ4v) is 4.90. The summed E-state index contributed by atoms with van der Waals surface area (Å²) >= 11 is 0. The summed E-state index contributed by atoms with van der Waals surface area (Å²) in [5.41, 5.74) is -0.221. The first kappa shape index (κ1) is 21.5. The van der Waals surface area contributed by atoms with Gasteiger partial charge in [-0.2, -0.15) is 10.1 Å². The summed E-state index contributed by atoms with van der Waals surface area (Å²) in [5, 5.41) is 16.5. The summed E-state index contributed by atoms with van der Waals surface area (Å²) in [6.45, 7) is 0. The van der Waals surface area contributed by atoms with E-state index in [2.05, 4.69) is 5.10 Å². The number of hydrogen-bond acceptors (Lipinski definition) is 8. The molecule has 3 aliphatic rings. The zero-order chi connectivity index (χ0) is 24.0. The van der Waals surface area contributed by atoms with Gasteiger partial charge in [0.1, 0.15) is 5.75 Å². The molecule has 2 aromatic carbocycles. The molecule has 0 radical (unpaired) electrons. The molecule has 0 aromatic heterocycles. The second kappa shape index (κ2) is 8.22. The van der Waals surface area contributed by atoms with Crippen molar-refractivity contribution < 1.29 is 28.8 Å². The predicted molar refractivity (Wildman–Crippen MR) is 118 cm³/mol. The standard InChI is InChI=1S/C24H19N3O7/c1-33-17-9-7-13(8-10-17)24(30)34-21-16(3-2-4-18(21)27(31)32)12-25-26-22(28)19-14-5-6-15(11-14)20(19)23(26)29/h2-10,12,14-15,19-20H,11H2,1H3. The SMILES string of the molecule is COc1ccc(C(=O)Oc2c(C=NN3C(=O)C4C5C=CC(C5)C4C3=O)cccc2[N+](=O)[O-])cc1. The Kier molecular flexibility index (Phi) is 5.20. The number of hydrazone groups is 1. The highest BCUT2D eigenvalue weighted by Gasteiger charge is 2.59. The van der Waals surface area contributed by atoms with Crippen molar-refractivity contribution in [1.29, 1.82) is 0 Å². The van der Waals surface area contributed by atoms with E-state index >= 15 is 0 Å². The van der Waals surface area contributed by atoms with E-state index in [0.717, 1.165) is 17.6 Å². The first-order valence-electron chi connectivity index (χ1n) is 10.6. The molecular formula is C24H19N3O7. The smallest absolute Gasteiger partial charge is 0.343 e. The molecule has 1 heterocycles. The van der Waals surface area contributed by atoms with Crippen LogP contribution in [0.2, 0.25) is 0 Å². The molecule has 34 heavy (non-hydrogen) atoms. The molecule has 2 fully saturated rings. The number of methoxy groups -OCH3 is 1. The Morgan fingerprint density at radius 1 is 1.09 bits per heavy atom. The second-order valence-corrected chi connectivity index (χ2v) is 8.30. The summed E-state index contributed by atoms with van der Waals surface area (Å²) in [7, 11) is 1.48. The number of nitro groups is 1. The molecule has 1 saturated carbocycles. The number of amides is 2. The van der Waals surface area contributed by atoms with E-state index in [9.17, 15) is 24.5 Å². The van der Waals surface area contributed by atoms with Crippen molar-refractivity contribution in [3.63, 3.8) is 0 Å². The normalized spacial score (nSPS) is 24.7. The molecule has 4 atom stereocenters. The van der Waals surface area contributed by atoms with Crippen molar-refractivity contribution in [3.05, 3.63) is 75.9 Å². The molecule has 1 saturated heterocycles. The van der Waals surface area contributed by atoms with E-state index in [1.165, 1.54) is 37.4 Å². The number of carbonyl (C=O) groups is 3. The van der Waals surface area contributed by atoms with Crippen LogP contribution in [-0.2, 0) is 9.59 Å². The molecule has 0 N–H and O–H groups in total. The van der Waals surface area contributed by atoms with Gasteiger partial charge in [0, 0.05) is 11.6 Å². The van der Waals surface area contributed by atoms with E-state index in [-0.39, 0.29) is 40.5 Å². The van der Waals surface area contributed by atoms with Crippen LogP contribution in [0.5, 0.6) is 11.5 Å². The Labute approximate surface area is 193 Å². The molecule has 1 aliphatic heterocycles. The van der Waals surface area contributed by atoms with Gasteiger partial charge < -0.3 is 9.47 Å². The third-order valence-corrected chi connectivity index (χ3v) is 6.50. The molecule has 0 spiro atoms. The molecular weight excluding hydrogens is 442 g/mol. The summed E-state index contributed by atoms with van der Waals surface area (Å²) in [5.74, 6) is -2.17. The zero-order valence-corrected chi connectivity index (χ0v) is 18.0. The van der Waals surface area contributed by atoms with Crippen LogP contribution in [0, 0.1) is 33.8 Å². The maximum atomic E-state index is 12.8. The Balaban J connectivity index is 1.43. The van der Waals surface area contributed by atoms with Gasteiger partial charge in [0.25, 0.3) is 11.8 Å². The number of para-hydroxylation sites is 1. The van der Waals surface area contributed by atoms with Crippen LogP contribution in [0.1, 0.15) is 22.3 Å². The number of nitro benzene ring substituents is 1. The molecule has 4 unspecified atom stereocenters. The van der Waals surface area contributed by atoms with Gasteiger partial charge in [0.05, 0.1) is 35.6 Å². The van der Waals surface area contributed by atoms with Crippen LogP contribution in [0.4, 0.5) is 5.69 Å². The van der Waals surface area contributed by atoms with E-state index in [4.69, 9.17) is 9.47 Å². The Morgan fingerprint density at radius 3 is 2.32 bits per heavy atom. The Hall–Kier alpha value is -4.34. The maximum absolute atomic E-state index is 12.8. The van der Waals surface area contributed by atoms with Crippen LogP contribution >= 0.6 is 0 Å². The van der Waals surface area contributed by atoms with Gasteiger partial charge in [-0.15, -0.1) is 0 Å². The quantitative estimate of drug-likeness (QED) is 0.123. The zero-order valence-electron chi connectivity index (χ0n) is 18.0. The van der Waals surface area contributed by atoms with Crippen LogP contribution in [-0.4, -0.2) is 41.0 Å². The number of nitrogens with zero attached hydrogens (tertiary/aromatic N) is 3. The van der Waals surface area contributed by atoms with Crippen molar-refractivity contribution in [2.45, 2.75) is 6.42 Å². The van der Waals surface area contributed by atoms with E-state index in [1.54, 1.807) is 12.1 Å². The molecule has 2 aliphatic carbocycles. The number of allylic oxidation sites excluding steroid dienone is 2. The minimum absolute atomic E-state index is 0.0328. The number of rotatable bonds is 6. The van der Waals surface area contributed by atoms with E-state index in [1.807, 2.05) is 12.2 Å². The minimum atomic E-state index is -0.822.